The smallest absolute Gasteiger partial charge is 0.323 e. The van der Waals surface area contributed by atoms with E-state index in [9.17, 15) is 14.9 Å². The van der Waals surface area contributed by atoms with E-state index in [2.05, 4.69) is 4.98 Å². The minimum Gasteiger partial charge on any atom is -0.481 e. The molecule has 0 spiro atoms. The van der Waals surface area contributed by atoms with E-state index in [-0.39, 0.29) is 30.0 Å². The average Bonchev–Trinajstić information content (AvgIpc) is 3.19. The first kappa shape index (κ1) is 13.1. The van der Waals surface area contributed by atoms with E-state index >= 15 is 0 Å². The first-order valence-corrected chi connectivity index (χ1v) is 5.70. The van der Waals surface area contributed by atoms with Gasteiger partial charge < -0.3 is 14.7 Å². The van der Waals surface area contributed by atoms with Crippen LogP contribution in [-0.2, 0) is 4.79 Å². The third kappa shape index (κ3) is 2.90. The summed E-state index contributed by atoms with van der Waals surface area (Å²) < 4.78 is 4.94. The van der Waals surface area contributed by atoms with E-state index in [0.717, 1.165) is 12.8 Å². The normalized spacial score (nSPS) is 13.9. The Labute approximate surface area is 108 Å². The van der Waals surface area contributed by atoms with Crippen molar-refractivity contribution in [3.63, 3.8) is 0 Å². The lowest BCUT2D eigenvalue weighted by Gasteiger charge is -2.21. The van der Waals surface area contributed by atoms with E-state index in [1.54, 1.807) is 0 Å². The molecule has 1 fully saturated rings. The number of methoxy groups -OCH3 is 1. The monoisotopic (exact) mass is 267 g/mol. The lowest BCUT2D eigenvalue weighted by Crippen LogP contribution is -2.33. The molecule has 1 saturated carbocycles. The van der Waals surface area contributed by atoms with E-state index in [4.69, 9.17) is 9.84 Å². The number of nitrogens with zero attached hydrogens (tertiary/aromatic N) is 3. The quantitative estimate of drug-likeness (QED) is 0.606. The summed E-state index contributed by atoms with van der Waals surface area (Å²) in [6.07, 6.45) is 1.62. The van der Waals surface area contributed by atoms with E-state index in [1.807, 2.05) is 0 Å². The van der Waals surface area contributed by atoms with Gasteiger partial charge in [0.05, 0.1) is 12.0 Å². The second-order valence-corrected chi connectivity index (χ2v) is 4.21. The first-order chi connectivity index (χ1) is 9.02. The zero-order valence-corrected chi connectivity index (χ0v) is 10.3. The highest BCUT2D eigenvalue weighted by Crippen LogP contribution is 2.36. The molecular weight excluding hydrogens is 254 g/mol. The van der Waals surface area contributed by atoms with Crippen molar-refractivity contribution in [3.8, 4) is 5.88 Å². The predicted octanol–water partition coefficient (Wildman–Crippen LogP) is 1.05. The highest BCUT2D eigenvalue weighted by molar-refractivity contribution is 5.75. The fourth-order valence-corrected chi connectivity index (χ4v) is 1.80. The summed E-state index contributed by atoms with van der Waals surface area (Å²) in [6.45, 7) is -0.314. The summed E-state index contributed by atoms with van der Waals surface area (Å²) in [5.74, 6) is -0.781. The van der Waals surface area contributed by atoms with Crippen molar-refractivity contribution in [2.24, 2.45) is 0 Å². The van der Waals surface area contributed by atoms with Crippen LogP contribution in [-0.4, -0.2) is 40.7 Å². The molecule has 0 aliphatic heterocycles. The molecule has 19 heavy (non-hydrogen) atoms. The summed E-state index contributed by atoms with van der Waals surface area (Å²) in [6, 6.07) is 2.65. The largest absolute Gasteiger partial charge is 0.481 e. The number of nitro groups is 1. The number of rotatable bonds is 6. The Bertz CT molecular complexity index is 515. The first-order valence-electron chi connectivity index (χ1n) is 5.70. The Morgan fingerprint density at radius 2 is 2.32 bits per heavy atom. The molecule has 8 heteroatoms. The summed E-state index contributed by atoms with van der Waals surface area (Å²) in [5, 5.41) is 19.9. The van der Waals surface area contributed by atoms with Crippen molar-refractivity contribution in [2.45, 2.75) is 18.9 Å². The molecule has 0 amide bonds. The molecule has 0 atom stereocenters. The second kappa shape index (κ2) is 5.09. The molecule has 1 aliphatic carbocycles. The zero-order chi connectivity index (χ0) is 14.0. The van der Waals surface area contributed by atoms with Crippen LogP contribution in [0, 0.1) is 10.1 Å². The standard InChI is InChI=1S/C11H13N3O5/c1-19-9-5-4-8(14(17)18)11(12-9)13(6-10(15)16)7-2-3-7/h4-5,7H,2-3,6H2,1H3,(H,15,16). The average molecular weight is 267 g/mol. The van der Waals surface area contributed by atoms with Gasteiger partial charge in [0.15, 0.2) is 0 Å². The number of aliphatic carboxylic acids is 1. The van der Waals surface area contributed by atoms with Gasteiger partial charge in [-0.25, -0.2) is 0 Å². The molecule has 1 N–H and O–H groups in total. The summed E-state index contributed by atoms with van der Waals surface area (Å²) >= 11 is 0. The maximum atomic E-state index is 11.0. The van der Waals surface area contributed by atoms with E-state index in [0.29, 0.717) is 0 Å². The minimum atomic E-state index is -1.05. The SMILES string of the molecule is COc1ccc([N+](=O)[O-])c(N(CC(=O)O)C2CC2)n1. The van der Waals surface area contributed by atoms with Gasteiger partial charge in [-0.05, 0) is 12.8 Å². The number of carboxylic acid groups (broad SMARTS) is 1. The number of anilines is 1. The molecule has 102 valence electrons. The van der Waals surface area contributed by atoms with Gasteiger partial charge in [0, 0.05) is 18.2 Å². The molecule has 2 rings (SSSR count). The van der Waals surface area contributed by atoms with Gasteiger partial charge in [-0.3, -0.25) is 14.9 Å². The molecule has 1 aromatic rings. The van der Waals surface area contributed by atoms with Crippen molar-refractivity contribution >= 4 is 17.5 Å². The van der Waals surface area contributed by atoms with Gasteiger partial charge >= 0.3 is 11.7 Å². The summed E-state index contributed by atoms with van der Waals surface area (Å²) in [7, 11) is 1.40. The molecule has 8 nitrogen and oxygen atoms in total. The summed E-state index contributed by atoms with van der Waals surface area (Å²) in [5.41, 5.74) is -0.214. The zero-order valence-electron chi connectivity index (χ0n) is 10.3. The van der Waals surface area contributed by atoms with Gasteiger partial charge in [0.2, 0.25) is 11.7 Å². The minimum absolute atomic E-state index is 0.00518. The van der Waals surface area contributed by atoms with Crippen LogP contribution in [0.5, 0.6) is 5.88 Å². The topological polar surface area (TPSA) is 106 Å². The second-order valence-electron chi connectivity index (χ2n) is 4.21. The van der Waals surface area contributed by atoms with Crippen LogP contribution in [0.3, 0.4) is 0 Å². The third-order valence-corrected chi connectivity index (χ3v) is 2.80. The molecule has 0 aromatic carbocycles. The molecule has 1 aromatic heterocycles. The molecular formula is C11H13N3O5. The van der Waals surface area contributed by atoms with Crippen LogP contribution in [0.1, 0.15) is 12.8 Å². The molecule has 0 saturated heterocycles. The van der Waals surface area contributed by atoms with Crippen molar-refractivity contribution in [3.05, 3.63) is 22.2 Å². The van der Waals surface area contributed by atoms with Crippen molar-refractivity contribution < 1.29 is 19.6 Å². The fourth-order valence-electron chi connectivity index (χ4n) is 1.80. The maximum absolute atomic E-state index is 11.0. The van der Waals surface area contributed by atoms with Crippen LogP contribution in [0.25, 0.3) is 0 Å². The number of pyridine rings is 1. The lowest BCUT2D eigenvalue weighted by molar-refractivity contribution is -0.384. The highest BCUT2D eigenvalue weighted by atomic mass is 16.6. The van der Waals surface area contributed by atoms with Crippen molar-refractivity contribution in [1.29, 1.82) is 0 Å². The predicted molar refractivity (Wildman–Crippen MR) is 65.4 cm³/mol. The Morgan fingerprint density at radius 1 is 1.63 bits per heavy atom. The number of carbonyl (C=O) groups is 1. The van der Waals surface area contributed by atoms with Gasteiger partial charge in [-0.2, -0.15) is 4.98 Å². The Hall–Kier alpha value is -2.38. The number of hydrogen-bond acceptors (Lipinski definition) is 6. The number of hydrogen-bond donors (Lipinski definition) is 1. The molecule has 0 unspecified atom stereocenters. The number of ether oxygens (including phenoxy) is 1. The number of carboxylic acids is 1. The molecule has 0 radical (unpaired) electrons. The van der Waals surface area contributed by atoms with Gasteiger partial charge in [-0.15, -0.1) is 0 Å². The summed E-state index contributed by atoms with van der Waals surface area (Å²) in [4.78, 5) is 26.8. The van der Waals surface area contributed by atoms with Gasteiger partial charge in [-0.1, -0.05) is 0 Å². The van der Waals surface area contributed by atoms with Gasteiger partial charge in [0.25, 0.3) is 0 Å². The Morgan fingerprint density at radius 3 is 2.79 bits per heavy atom. The molecule has 1 heterocycles. The lowest BCUT2D eigenvalue weighted by atomic mass is 10.3. The van der Waals surface area contributed by atoms with Gasteiger partial charge in [0.1, 0.15) is 6.54 Å². The Balaban J connectivity index is 2.43. The van der Waals surface area contributed by atoms with E-state index in [1.165, 1.54) is 24.1 Å². The third-order valence-electron chi connectivity index (χ3n) is 2.80. The van der Waals surface area contributed by atoms with Crippen LogP contribution in [0.15, 0.2) is 12.1 Å². The fraction of sp³-hybridized carbons (Fsp3) is 0.455. The molecule has 0 bridgehead atoms. The van der Waals surface area contributed by atoms with Crippen molar-refractivity contribution in [1.82, 2.24) is 4.98 Å². The van der Waals surface area contributed by atoms with E-state index < -0.39 is 10.9 Å². The van der Waals surface area contributed by atoms with Crippen LogP contribution < -0.4 is 9.64 Å². The van der Waals surface area contributed by atoms with Crippen LogP contribution in [0.4, 0.5) is 11.5 Å². The van der Waals surface area contributed by atoms with Crippen LogP contribution in [0.2, 0.25) is 0 Å². The number of aromatic nitrogens is 1. The van der Waals surface area contributed by atoms with Crippen molar-refractivity contribution in [2.75, 3.05) is 18.6 Å². The highest BCUT2D eigenvalue weighted by Gasteiger charge is 2.35. The maximum Gasteiger partial charge on any atom is 0.323 e. The van der Waals surface area contributed by atoms with Crippen LogP contribution >= 0.6 is 0 Å². The Kier molecular flexibility index (Phi) is 3.50. The molecule has 1 aliphatic rings.